The van der Waals surface area contributed by atoms with Crippen molar-refractivity contribution < 1.29 is 28.9 Å². The molecule has 0 unspecified atom stereocenters. The van der Waals surface area contributed by atoms with Gasteiger partial charge in [-0.2, -0.15) is 0 Å². The number of aliphatic hydroxyl groups is 1. The summed E-state index contributed by atoms with van der Waals surface area (Å²) in [7, 11) is 1.33. The molecule has 0 bridgehead atoms. The summed E-state index contributed by atoms with van der Waals surface area (Å²) in [6.45, 7) is 2.39. The zero-order chi connectivity index (χ0) is 23.8. The number of aryl methyl sites for hydroxylation is 1. The van der Waals surface area contributed by atoms with Crippen molar-refractivity contribution in [3.05, 3.63) is 100 Å². The van der Waals surface area contributed by atoms with Gasteiger partial charge in [0.05, 0.1) is 18.7 Å². The van der Waals surface area contributed by atoms with E-state index in [9.17, 15) is 14.7 Å². The minimum absolute atomic E-state index is 0.163. The number of nitrogens with zero attached hydrogens (tertiary/aromatic N) is 1. The number of methoxy groups -OCH3 is 1. The van der Waals surface area contributed by atoms with Gasteiger partial charge in [-0.05, 0) is 47.9 Å². The zero-order valence-corrected chi connectivity index (χ0v) is 18.8. The fourth-order valence-electron chi connectivity index (χ4n) is 4.35. The molecular formula is C27H23NO6. The molecule has 0 saturated carbocycles. The van der Waals surface area contributed by atoms with Crippen LogP contribution in [-0.4, -0.2) is 35.8 Å². The van der Waals surface area contributed by atoms with E-state index >= 15 is 0 Å². The Morgan fingerprint density at radius 3 is 2.44 bits per heavy atom. The van der Waals surface area contributed by atoms with Gasteiger partial charge < -0.3 is 24.2 Å². The fourth-order valence-corrected chi connectivity index (χ4v) is 4.35. The van der Waals surface area contributed by atoms with E-state index < -0.39 is 17.9 Å². The Balaban J connectivity index is 1.56. The number of rotatable bonds is 5. The van der Waals surface area contributed by atoms with Gasteiger partial charge in [-0.1, -0.05) is 48.0 Å². The number of aliphatic hydroxyl groups excluding tert-OH is 1. The average molecular weight is 457 g/mol. The summed E-state index contributed by atoms with van der Waals surface area (Å²) in [4.78, 5) is 26.8. The Morgan fingerprint density at radius 1 is 1.03 bits per heavy atom. The molecule has 3 aromatic carbocycles. The molecule has 3 aromatic rings. The monoisotopic (exact) mass is 457 g/mol. The van der Waals surface area contributed by atoms with E-state index in [4.69, 9.17) is 14.2 Å². The van der Waals surface area contributed by atoms with Gasteiger partial charge in [0.1, 0.15) is 0 Å². The third-order valence-corrected chi connectivity index (χ3v) is 6.10. The van der Waals surface area contributed by atoms with E-state index in [1.165, 1.54) is 7.11 Å². The SMILES string of the molecule is COC(=O)c1ccc([C@H]2C(c3ccc(C)cc3)=C(O)C(=O)N2Cc2ccc3c(c2)OCO3)cc1. The largest absolute Gasteiger partial charge is 0.503 e. The Labute approximate surface area is 196 Å². The first kappa shape index (κ1) is 21.6. The van der Waals surface area contributed by atoms with E-state index in [2.05, 4.69) is 0 Å². The lowest BCUT2D eigenvalue weighted by atomic mass is 9.92. The van der Waals surface area contributed by atoms with Gasteiger partial charge in [-0.3, -0.25) is 4.79 Å². The molecule has 172 valence electrons. The first-order chi connectivity index (χ1) is 16.5. The Bertz CT molecular complexity index is 1290. The lowest BCUT2D eigenvalue weighted by molar-refractivity contribution is -0.130. The van der Waals surface area contributed by atoms with Crippen LogP contribution in [0.3, 0.4) is 0 Å². The second-order valence-corrected chi connectivity index (χ2v) is 8.27. The first-order valence-corrected chi connectivity index (χ1v) is 10.8. The lowest BCUT2D eigenvalue weighted by Crippen LogP contribution is -2.29. The van der Waals surface area contributed by atoms with Gasteiger partial charge >= 0.3 is 5.97 Å². The number of ether oxygens (including phenoxy) is 3. The van der Waals surface area contributed by atoms with Crippen molar-refractivity contribution in [1.82, 2.24) is 4.90 Å². The van der Waals surface area contributed by atoms with Gasteiger partial charge in [0, 0.05) is 12.1 Å². The van der Waals surface area contributed by atoms with Crippen LogP contribution >= 0.6 is 0 Å². The third kappa shape index (κ3) is 3.75. The van der Waals surface area contributed by atoms with Crippen molar-refractivity contribution >= 4 is 17.4 Å². The number of hydrogen-bond acceptors (Lipinski definition) is 6. The van der Waals surface area contributed by atoms with Gasteiger partial charge in [0.15, 0.2) is 17.3 Å². The van der Waals surface area contributed by atoms with Gasteiger partial charge in [0.25, 0.3) is 5.91 Å². The standard InChI is InChI=1S/C27H23NO6/c1-16-3-6-18(7-4-16)23-24(19-8-10-20(11-9-19)27(31)32-2)28(26(30)25(23)29)14-17-5-12-21-22(13-17)34-15-33-21/h3-13,24,29H,14-15H2,1-2H3/t24-/m0/s1. The molecule has 1 amide bonds. The van der Waals surface area contributed by atoms with Crippen molar-refractivity contribution in [2.75, 3.05) is 13.9 Å². The molecule has 0 radical (unpaired) electrons. The number of amides is 1. The smallest absolute Gasteiger partial charge is 0.337 e. The summed E-state index contributed by atoms with van der Waals surface area (Å²) < 4.78 is 15.7. The van der Waals surface area contributed by atoms with Crippen LogP contribution in [0.1, 0.15) is 38.7 Å². The van der Waals surface area contributed by atoms with E-state index in [0.29, 0.717) is 22.6 Å². The van der Waals surface area contributed by atoms with Crippen LogP contribution in [0.4, 0.5) is 0 Å². The third-order valence-electron chi connectivity index (χ3n) is 6.10. The van der Waals surface area contributed by atoms with Crippen LogP contribution in [-0.2, 0) is 16.1 Å². The van der Waals surface area contributed by atoms with Crippen molar-refractivity contribution in [1.29, 1.82) is 0 Å². The van der Waals surface area contributed by atoms with Crippen LogP contribution in [0, 0.1) is 6.92 Å². The van der Waals surface area contributed by atoms with Crippen LogP contribution in [0.15, 0.2) is 72.5 Å². The molecule has 2 aliphatic heterocycles. The predicted octanol–water partition coefficient (Wildman–Crippen LogP) is 4.56. The maximum absolute atomic E-state index is 13.3. The highest BCUT2D eigenvalue weighted by Crippen LogP contribution is 2.44. The quantitative estimate of drug-likeness (QED) is 0.566. The van der Waals surface area contributed by atoms with E-state index in [0.717, 1.165) is 22.3 Å². The lowest BCUT2D eigenvalue weighted by Gasteiger charge is -2.28. The number of esters is 1. The van der Waals surface area contributed by atoms with Crippen LogP contribution in [0.5, 0.6) is 11.5 Å². The number of fused-ring (bicyclic) bond motifs is 1. The predicted molar refractivity (Wildman–Crippen MR) is 124 cm³/mol. The summed E-state index contributed by atoms with van der Waals surface area (Å²) in [6, 6.07) is 19.5. The molecule has 0 saturated heterocycles. The molecule has 0 aromatic heterocycles. The average Bonchev–Trinajstić information content (AvgIpc) is 3.42. The van der Waals surface area contributed by atoms with Crippen molar-refractivity contribution in [3.63, 3.8) is 0 Å². The van der Waals surface area contributed by atoms with Crippen LogP contribution < -0.4 is 9.47 Å². The second-order valence-electron chi connectivity index (χ2n) is 8.27. The highest BCUT2D eigenvalue weighted by molar-refractivity contribution is 6.05. The van der Waals surface area contributed by atoms with E-state index in [1.807, 2.05) is 49.4 Å². The Kier molecular flexibility index (Phi) is 5.45. The van der Waals surface area contributed by atoms with E-state index in [1.54, 1.807) is 29.2 Å². The highest BCUT2D eigenvalue weighted by Gasteiger charge is 2.41. The molecular weight excluding hydrogens is 434 g/mol. The maximum Gasteiger partial charge on any atom is 0.337 e. The van der Waals surface area contributed by atoms with Crippen molar-refractivity contribution in [2.45, 2.75) is 19.5 Å². The number of carbonyl (C=O) groups excluding carboxylic acids is 2. The molecule has 0 spiro atoms. The normalized spacial score (nSPS) is 16.8. The summed E-state index contributed by atoms with van der Waals surface area (Å²) in [5.41, 5.74) is 4.36. The van der Waals surface area contributed by atoms with Crippen LogP contribution in [0.2, 0.25) is 0 Å². The van der Waals surface area contributed by atoms with Gasteiger partial charge in [-0.15, -0.1) is 0 Å². The molecule has 0 aliphatic carbocycles. The molecule has 7 heteroatoms. The minimum Gasteiger partial charge on any atom is -0.503 e. The summed E-state index contributed by atoms with van der Waals surface area (Å²) >= 11 is 0. The molecule has 1 atom stereocenters. The number of benzene rings is 3. The molecule has 2 aliphatic rings. The minimum atomic E-state index is -0.549. The number of carbonyl (C=O) groups is 2. The molecule has 0 fully saturated rings. The molecule has 5 rings (SSSR count). The van der Waals surface area contributed by atoms with Crippen molar-refractivity contribution in [2.24, 2.45) is 0 Å². The molecule has 1 N–H and O–H groups in total. The maximum atomic E-state index is 13.3. The van der Waals surface area contributed by atoms with Gasteiger partial charge in [0.2, 0.25) is 6.79 Å². The summed E-state index contributed by atoms with van der Waals surface area (Å²) in [5.74, 6) is 0.0946. The summed E-state index contributed by atoms with van der Waals surface area (Å²) in [5, 5.41) is 11.0. The first-order valence-electron chi connectivity index (χ1n) is 10.8. The fraction of sp³-hybridized carbons (Fsp3) is 0.185. The summed E-state index contributed by atoms with van der Waals surface area (Å²) in [6.07, 6.45) is 0. The van der Waals surface area contributed by atoms with Gasteiger partial charge in [-0.25, -0.2) is 4.79 Å². The topological polar surface area (TPSA) is 85.3 Å². The zero-order valence-electron chi connectivity index (χ0n) is 18.8. The molecule has 34 heavy (non-hydrogen) atoms. The Morgan fingerprint density at radius 2 is 1.74 bits per heavy atom. The highest BCUT2D eigenvalue weighted by atomic mass is 16.7. The second kappa shape index (κ2) is 8.59. The number of hydrogen-bond donors (Lipinski definition) is 1. The van der Waals surface area contributed by atoms with Crippen LogP contribution in [0.25, 0.3) is 5.57 Å². The van der Waals surface area contributed by atoms with E-state index in [-0.39, 0.29) is 19.1 Å². The molecule has 2 heterocycles. The van der Waals surface area contributed by atoms with Crippen molar-refractivity contribution in [3.8, 4) is 11.5 Å². The molecule has 7 nitrogen and oxygen atoms in total. The Hall–Kier alpha value is -4.26.